The monoisotopic (exact) mass is 546 g/mol. The normalized spacial score (nSPS) is 21.4. The van der Waals surface area contributed by atoms with Gasteiger partial charge in [0.2, 0.25) is 0 Å². The Morgan fingerprint density at radius 2 is 1.73 bits per heavy atom. The molecule has 0 saturated carbocycles. The van der Waals surface area contributed by atoms with Crippen molar-refractivity contribution < 1.29 is 23.4 Å². The Morgan fingerprint density at radius 3 is 2.48 bits per heavy atom. The van der Waals surface area contributed by atoms with Crippen molar-refractivity contribution in [2.75, 3.05) is 51.4 Å². The van der Waals surface area contributed by atoms with Gasteiger partial charge in [-0.05, 0) is 65.8 Å². The number of nitrogens with zero attached hydrogens (tertiary/aromatic N) is 2. The zero-order chi connectivity index (χ0) is 28.1. The lowest BCUT2D eigenvalue weighted by molar-refractivity contribution is -0.133. The molecule has 0 unspecified atom stereocenters. The van der Waals surface area contributed by atoms with Crippen LogP contribution in [0.25, 0.3) is 0 Å². The number of methoxy groups -OCH3 is 1. The first-order valence-electron chi connectivity index (χ1n) is 14.2. The summed E-state index contributed by atoms with van der Waals surface area (Å²) < 4.78 is 31.7. The molecule has 2 saturated heterocycles. The van der Waals surface area contributed by atoms with E-state index in [0.717, 1.165) is 42.1 Å². The van der Waals surface area contributed by atoms with Crippen LogP contribution in [0.15, 0.2) is 72.8 Å². The summed E-state index contributed by atoms with van der Waals surface area (Å²) in [7, 11) is 1.68. The Bertz CT molecular complexity index is 1290. The highest BCUT2D eigenvalue weighted by molar-refractivity contribution is 5.78. The van der Waals surface area contributed by atoms with Gasteiger partial charge in [0.15, 0.2) is 6.61 Å². The van der Waals surface area contributed by atoms with Gasteiger partial charge in [-0.1, -0.05) is 50.2 Å². The van der Waals surface area contributed by atoms with Crippen molar-refractivity contribution in [3.63, 3.8) is 0 Å². The summed E-state index contributed by atoms with van der Waals surface area (Å²) >= 11 is 0. The van der Waals surface area contributed by atoms with Gasteiger partial charge in [0.25, 0.3) is 5.91 Å². The van der Waals surface area contributed by atoms with Gasteiger partial charge in [0, 0.05) is 32.1 Å². The lowest BCUT2D eigenvalue weighted by atomic mass is 9.76. The van der Waals surface area contributed by atoms with Crippen LogP contribution < -0.4 is 14.4 Å². The lowest BCUT2D eigenvalue weighted by Gasteiger charge is -2.39. The van der Waals surface area contributed by atoms with Crippen LogP contribution in [0.5, 0.6) is 11.5 Å². The zero-order valence-corrected chi connectivity index (χ0v) is 23.6. The van der Waals surface area contributed by atoms with Gasteiger partial charge in [-0.15, -0.1) is 0 Å². The van der Waals surface area contributed by atoms with Crippen molar-refractivity contribution in [2.24, 2.45) is 11.8 Å². The van der Waals surface area contributed by atoms with Crippen LogP contribution in [0.2, 0.25) is 0 Å². The third-order valence-electron chi connectivity index (χ3n) is 8.21. The van der Waals surface area contributed by atoms with Crippen LogP contribution >= 0.6 is 0 Å². The number of hydrogen-bond acceptors (Lipinski definition) is 5. The summed E-state index contributed by atoms with van der Waals surface area (Å²) in [6.45, 7) is 7.73. The van der Waals surface area contributed by atoms with Crippen molar-refractivity contribution >= 4 is 11.6 Å². The molecule has 2 heterocycles. The number of piperazine rings is 1. The van der Waals surface area contributed by atoms with Crippen molar-refractivity contribution in [3.05, 3.63) is 89.7 Å². The lowest BCUT2D eigenvalue weighted by Crippen LogP contribution is -2.50. The number of para-hydroxylation sites is 2. The third-order valence-corrected chi connectivity index (χ3v) is 8.21. The Hall–Kier alpha value is -3.58. The molecule has 2 aliphatic rings. The summed E-state index contributed by atoms with van der Waals surface area (Å²) in [5.74, 6) is 2.12. The largest absolute Gasteiger partial charge is 0.495 e. The van der Waals surface area contributed by atoms with E-state index in [1.54, 1.807) is 19.2 Å². The van der Waals surface area contributed by atoms with E-state index in [4.69, 9.17) is 14.2 Å². The first-order chi connectivity index (χ1) is 19.4. The average molecular weight is 547 g/mol. The summed E-state index contributed by atoms with van der Waals surface area (Å²) in [5, 5.41) is 0. The van der Waals surface area contributed by atoms with Crippen molar-refractivity contribution in [1.29, 1.82) is 0 Å². The standard InChI is InChI=1S/C33H39FN2O4/c1-23(2)29-20-26(24-8-6-10-27(34)18-24)21-40-33(29)25-9-7-11-28(19-25)39-22-32(37)36-16-14-35(15-17-36)30-12-4-5-13-31(30)38-3/h4-13,18-19,23,26,29,33H,14-17,20-22H2,1-3H3/t26-,29-,33-/m0/s1. The second-order valence-electron chi connectivity index (χ2n) is 11.1. The van der Waals surface area contributed by atoms with Gasteiger partial charge in [0.1, 0.15) is 17.3 Å². The zero-order valence-electron chi connectivity index (χ0n) is 23.6. The predicted octanol–water partition coefficient (Wildman–Crippen LogP) is 6.08. The van der Waals surface area contributed by atoms with E-state index < -0.39 is 0 Å². The third kappa shape index (κ3) is 6.41. The van der Waals surface area contributed by atoms with Crippen LogP contribution in [0, 0.1) is 17.7 Å². The molecule has 2 aliphatic heterocycles. The maximum absolute atomic E-state index is 13.8. The van der Waals surface area contributed by atoms with Gasteiger partial charge < -0.3 is 24.0 Å². The fraction of sp³-hybridized carbons (Fsp3) is 0.424. The van der Waals surface area contributed by atoms with E-state index >= 15 is 0 Å². The highest BCUT2D eigenvalue weighted by atomic mass is 19.1. The number of carbonyl (C=O) groups excluding carboxylic acids is 1. The van der Waals surface area contributed by atoms with Gasteiger partial charge in [0.05, 0.1) is 25.5 Å². The molecule has 0 spiro atoms. The molecule has 0 aliphatic carbocycles. The number of hydrogen-bond donors (Lipinski definition) is 0. The van der Waals surface area contributed by atoms with E-state index in [2.05, 4.69) is 24.8 Å². The SMILES string of the molecule is COc1ccccc1N1CCN(C(=O)COc2cccc([C@@H]3OC[C@@H](c4cccc(F)c4)C[C@H]3C(C)C)c2)CC1. The first-order valence-corrected chi connectivity index (χ1v) is 14.2. The van der Waals surface area contributed by atoms with E-state index in [9.17, 15) is 9.18 Å². The topological polar surface area (TPSA) is 51.2 Å². The Labute approximate surface area is 236 Å². The molecule has 40 heavy (non-hydrogen) atoms. The van der Waals surface area contributed by atoms with Crippen molar-refractivity contribution in [2.45, 2.75) is 32.3 Å². The molecule has 0 aromatic heterocycles. The summed E-state index contributed by atoms with van der Waals surface area (Å²) in [4.78, 5) is 17.1. The number of benzene rings is 3. The molecule has 3 aromatic rings. The molecule has 0 N–H and O–H groups in total. The number of carbonyl (C=O) groups is 1. The molecule has 3 aromatic carbocycles. The maximum Gasteiger partial charge on any atom is 0.260 e. The molecule has 6 nitrogen and oxygen atoms in total. The summed E-state index contributed by atoms with van der Waals surface area (Å²) in [6, 6.07) is 22.7. The highest BCUT2D eigenvalue weighted by Crippen LogP contribution is 2.44. The number of rotatable bonds is 8. The predicted molar refractivity (Wildman–Crippen MR) is 155 cm³/mol. The van der Waals surface area contributed by atoms with Gasteiger partial charge in [-0.25, -0.2) is 4.39 Å². The minimum absolute atomic E-state index is 0.00110. The molecule has 7 heteroatoms. The van der Waals surface area contributed by atoms with Gasteiger partial charge >= 0.3 is 0 Å². The molecular formula is C33H39FN2O4. The fourth-order valence-corrected chi connectivity index (χ4v) is 5.93. The van der Waals surface area contributed by atoms with Crippen LogP contribution in [-0.2, 0) is 9.53 Å². The van der Waals surface area contributed by atoms with Gasteiger partial charge in [-0.3, -0.25) is 4.79 Å². The molecule has 2 fully saturated rings. The van der Waals surface area contributed by atoms with Crippen molar-refractivity contribution in [3.8, 4) is 11.5 Å². The summed E-state index contributed by atoms with van der Waals surface area (Å²) in [6.07, 6.45) is 0.850. The van der Waals surface area contributed by atoms with Crippen LogP contribution in [0.3, 0.4) is 0 Å². The van der Waals surface area contributed by atoms with Crippen molar-refractivity contribution in [1.82, 2.24) is 4.90 Å². The summed E-state index contributed by atoms with van der Waals surface area (Å²) in [5.41, 5.74) is 3.09. The van der Waals surface area contributed by atoms with E-state index in [1.807, 2.05) is 53.4 Å². The highest BCUT2D eigenvalue weighted by Gasteiger charge is 2.35. The quantitative estimate of drug-likeness (QED) is 0.343. The molecule has 0 radical (unpaired) electrons. The van der Waals surface area contributed by atoms with Gasteiger partial charge in [-0.2, -0.15) is 0 Å². The minimum atomic E-state index is -0.210. The Kier molecular flexibility index (Phi) is 8.90. The second kappa shape index (κ2) is 12.7. The molecular weight excluding hydrogens is 507 g/mol. The van der Waals surface area contributed by atoms with E-state index in [0.29, 0.717) is 31.4 Å². The van der Waals surface area contributed by atoms with E-state index in [-0.39, 0.29) is 36.3 Å². The number of ether oxygens (including phenoxy) is 3. The minimum Gasteiger partial charge on any atom is -0.495 e. The maximum atomic E-state index is 13.8. The first kappa shape index (κ1) is 28.0. The average Bonchev–Trinajstić information content (AvgIpc) is 2.99. The van der Waals surface area contributed by atoms with Crippen LogP contribution in [0.1, 0.15) is 43.4 Å². The number of anilines is 1. The molecule has 212 valence electrons. The van der Waals surface area contributed by atoms with Crippen LogP contribution in [-0.4, -0.2) is 57.3 Å². The molecule has 5 rings (SSSR count). The molecule has 0 bridgehead atoms. The molecule has 3 atom stereocenters. The Morgan fingerprint density at radius 1 is 0.975 bits per heavy atom. The smallest absolute Gasteiger partial charge is 0.260 e. The van der Waals surface area contributed by atoms with Crippen LogP contribution in [0.4, 0.5) is 10.1 Å². The molecule has 1 amide bonds. The van der Waals surface area contributed by atoms with E-state index in [1.165, 1.54) is 6.07 Å². The number of halogens is 1. The fourth-order valence-electron chi connectivity index (χ4n) is 5.93. The second-order valence-corrected chi connectivity index (χ2v) is 11.1. The number of amides is 1. The Balaban J connectivity index is 1.17.